The lowest BCUT2D eigenvalue weighted by Gasteiger charge is -2.28. The molecule has 536 valence electrons. The van der Waals surface area contributed by atoms with Crippen LogP contribution in [0.5, 0.6) is 0 Å². The van der Waals surface area contributed by atoms with Crippen LogP contribution in [0.15, 0.2) is 48.6 Å². The summed E-state index contributed by atoms with van der Waals surface area (Å²) in [7, 11) is 1.19. The van der Waals surface area contributed by atoms with Crippen molar-refractivity contribution in [2.24, 2.45) is 0 Å². The summed E-state index contributed by atoms with van der Waals surface area (Å²) in [4.78, 5) is 38.2. The van der Waals surface area contributed by atoms with Crippen LogP contribution in [0.1, 0.15) is 406 Å². The molecule has 0 bridgehead atoms. The molecule has 0 aromatic carbocycles. The molecule has 0 fully saturated rings. The zero-order valence-corrected chi connectivity index (χ0v) is 62.2. The van der Waals surface area contributed by atoms with Gasteiger partial charge in [-0.15, -0.1) is 0 Å². The fourth-order valence-electron chi connectivity index (χ4n) is 12.1. The lowest BCUT2D eigenvalue weighted by atomic mass is 10.0. The molecule has 10 heteroatoms. The monoisotopic (exact) mass is 1300 g/mol. The van der Waals surface area contributed by atoms with Gasteiger partial charge in [0, 0.05) is 12.8 Å². The van der Waals surface area contributed by atoms with Crippen molar-refractivity contribution in [2.75, 3.05) is 47.5 Å². The molecule has 0 N–H and O–H groups in total. The van der Waals surface area contributed by atoms with E-state index in [1.165, 1.54) is 308 Å². The normalized spacial score (nSPS) is 13.3. The van der Waals surface area contributed by atoms with Crippen LogP contribution in [-0.2, 0) is 32.7 Å². The first-order chi connectivity index (χ1) is 44.5. The average Bonchev–Trinajstić information content (AvgIpc) is 3.74. The molecule has 0 radical (unpaired) electrons. The maximum atomic E-state index is 12.9. The number of quaternary nitrogens is 1. The Morgan fingerprint density at radius 1 is 0.352 bits per heavy atom. The van der Waals surface area contributed by atoms with Crippen LogP contribution in [-0.4, -0.2) is 70.0 Å². The van der Waals surface area contributed by atoms with E-state index in [2.05, 4.69) is 62.5 Å². The lowest BCUT2D eigenvalue weighted by molar-refractivity contribution is -0.870. The first-order valence-corrected chi connectivity index (χ1v) is 41.3. The number of rotatable bonds is 75. The van der Waals surface area contributed by atoms with Crippen LogP contribution in [0.2, 0.25) is 0 Å². The van der Waals surface area contributed by atoms with E-state index in [1.54, 1.807) is 0 Å². The number of ether oxygens (including phenoxy) is 2. The minimum absolute atomic E-state index is 0.0287. The van der Waals surface area contributed by atoms with E-state index in [0.717, 1.165) is 64.2 Å². The first-order valence-electron chi connectivity index (χ1n) is 39.8. The maximum Gasteiger partial charge on any atom is 0.306 e. The second-order valence-corrected chi connectivity index (χ2v) is 29.8. The van der Waals surface area contributed by atoms with Gasteiger partial charge in [0.05, 0.1) is 27.7 Å². The topological polar surface area (TPSA) is 111 Å². The highest BCUT2D eigenvalue weighted by Gasteiger charge is 2.22. The van der Waals surface area contributed by atoms with Crippen LogP contribution < -0.4 is 4.89 Å². The fourth-order valence-corrected chi connectivity index (χ4v) is 12.8. The van der Waals surface area contributed by atoms with Crippen molar-refractivity contribution in [3.05, 3.63) is 48.6 Å². The zero-order valence-electron chi connectivity index (χ0n) is 61.3. The highest BCUT2D eigenvalue weighted by molar-refractivity contribution is 7.45. The molecule has 0 aliphatic rings. The van der Waals surface area contributed by atoms with Gasteiger partial charge in [-0.2, -0.15) is 0 Å². The van der Waals surface area contributed by atoms with Crippen LogP contribution >= 0.6 is 7.82 Å². The minimum Gasteiger partial charge on any atom is -0.756 e. The minimum atomic E-state index is -4.64. The van der Waals surface area contributed by atoms with E-state index in [-0.39, 0.29) is 32.0 Å². The highest BCUT2D eigenvalue weighted by atomic mass is 31.2. The SMILES string of the molecule is CC/C=C\C/C=C\C/C=C\C/C=C\CCCCCCCCCCCCCCCCCCC(=O)OC(COC(=O)CCCCCCCCCCCCCCCCCCCCCCCCCCCCCCCCCCCCCCCC)COP(=O)([O-])OCC[N+](C)(C)C. The smallest absolute Gasteiger partial charge is 0.306 e. The third-order valence-corrected chi connectivity index (χ3v) is 19.1. The van der Waals surface area contributed by atoms with Gasteiger partial charge in [-0.3, -0.25) is 14.2 Å². The molecule has 9 nitrogen and oxygen atoms in total. The molecule has 0 aliphatic heterocycles. The molecule has 0 amide bonds. The molecular weight excluding hydrogens is 1150 g/mol. The van der Waals surface area contributed by atoms with Gasteiger partial charge < -0.3 is 27.9 Å². The number of hydrogen-bond acceptors (Lipinski definition) is 8. The van der Waals surface area contributed by atoms with Crippen molar-refractivity contribution in [1.82, 2.24) is 0 Å². The van der Waals surface area contributed by atoms with Crippen molar-refractivity contribution >= 4 is 19.8 Å². The molecule has 0 rings (SSSR count). The first kappa shape index (κ1) is 89.0. The lowest BCUT2D eigenvalue weighted by Crippen LogP contribution is -2.37. The predicted molar refractivity (Wildman–Crippen MR) is 393 cm³/mol. The molecule has 2 atom stereocenters. The van der Waals surface area contributed by atoms with Crippen LogP contribution in [0.25, 0.3) is 0 Å². The van der Waals surface area contributed by atoms with Crippen molar-refractivity contribution in [1.29, 1.82) is 0 Å². The Bertz CT molecular complexity index is 1670. The van der Waals surface area contributed by atoms with E-state index >= 15 is 0 Å². The third-order valence-electron chi connectivity index (χ3n) is 18.1. The Hall–Kier alpha value is -2.03. The highest BCUT2D eigenvalue weighted by Crippen LogP contribution is 2.38. The fraction of sp³-hybridized carbons (Fsp3) is 0.877. The van der Waals surface area contributed by atoms with Crippen molar-refractivity contribution in [3.63, 3.8) is 0 Å². The number of carbonyl (C=O) groups excluding carboxylic acids is 2. The van der Waals surface area contributed by atoms with E-state index in [1.807, 2.05) is 21.1 Å². The Labute approximate surface area is 566 Å². The molecule has 0 aromatic rings. The summed E-state index contributed by atoms with van der Waals surface area (Å²) in [6.45, 7) is 4.20. The maximum absolute atomic E-state index is 12.9. The van der Waals surface area contributed by atoms with Gasteiger partial charge in [0.25, 0.3) is 7.82 Å². The van der Waals surface area contributed by atoms with Crippen molar-refractivity contribution in [2.45, 2.75) is 412 Å². The van der Waals surface area contributed by atoms with Gasteiger partial charge in [-0.1, -0.05) is 390 Å². The largest absolute Gasteiger partial charge is 0.756 e. The van der Waals surface area contributed by atoms with Gasteiger partial charge in [0.2, 0.25) is 0 Å². The second kappa shape index (κ2) is 72.2. The molecular formula is C81H154NO8P. The Morgan fingerprint density at radius 3 is 0.934 bits per heavy atom. The molecule has 0 aliphatic carbocycles. The van der Waals surface area contributed by atoms with Crippen molar-refractivity contribution in [3.8, 4) is 0 Å². The van der Waals surface area contributed by atoms with Gasteiger partial charge >= 0.3 is 11.9 Å². The van der Waals surface area contributed by atoms with Gasteiger partial charge in [0.15, 0.2) is 6.10 Å². The summed E-state index contributed by atoms with van der Waals surface area (Å²) in [6, 6.07) is 0. The van der Waals surface area contributed by atoms with E-state index < -0.39 is 26.5 Å². The molecule has 91 heavy (non-hydrogen) atoms. The molecule has 0 saturated heterocycles. The Morgan fingerprint density at radius 2 is 0.626 bits per heavy atom. The number of unbranched alkanes of at least 4 members (excludes halogenated alkanes) is 53. The van der Waals surface area contributed by atoms with Crippen molar-refractivity contribution < 1.29 is 42.1 Å². The molecule has 0 aromatic heterocycles. The average molecular weight is 1300 g/mol. The molecule has 0 saturated carbocycles. The Balaban J connectivity index is 3.89. The second-order valence-electron chi connectivity index (χ2n) is 28.4. The summed E-state index contributed by atoms with van der Waals surface area (Å²) in [5.74, 6) is -0.811. The standard InChI is InChI=1S/C81H154NO8P/c1-6-8-10-12-14-16-18-20-22-24-26-28-30-32-34-36-37-38-39-40-41-42-43-44-46-47-49-51-53-55-57-59-61-63-65-67-69-71-73-80(83)87-77-79(78-89-91(85,86)88-76-75-82(3,4)5)90-81(84)74-72-70-68-66-64-62-60-58-56-54-52-50-48-45-35-33-31-29-27-25-23-21-19-17-15-13-11-9-7-2/h9,11,15,17,21,23,27,29,79H,6-8,10,12-14,16,18-20,22,24-26,28,30-78H2,1-5H3/b11-9-,17-15-,23-21-,29-27-. The molecule has 2 unspecified atom stereocenters. The quantitative estimate of drug-likeness (QED) is 0.0195. The van der Waals surface area contributed by atoms with E-state index in [0.29, 0.717) is 17.4 Å². The van der Waals surface area contributed by atoms with Gasteiger partial charge in [0.1, 0.15) is 19.8 Å². The number of phosphoric acid groups is 1. The number of allylic oxidation sites excluding steroid dienone is 8. The summed E-state index contributed by atoms with van der Waals surface area (Å²) < 4.78 is 34.4. The summed E-state index contributed by atoms with van der Waals surface area (Å²) >= 11 is 0. The zero-order chi connectivity index (χ0) is 66.2. The number of phosphoric ester groups is 1. The summed E-state index contributed by atoms with van der Waals surface area (Å²) in [5.41, 5.74) is 0. The van der Waals surface area contributed by atoms with Crippen LogP contribution in [0, 0.1) is 0 Å². The van der Waals surface area contributed by atoms with E-state index in [9.17, 15) is 19.0 Å². The summed E-state index contributed by atoms with van der Waals surface area (Å²) in [6.07, 6.45) is 95.3. The van der Waals surface area contributed by atoms with Gasteiger partial charge in [-0.05, 0) is 51.4 Å². The number of likely N-dealkylation sites (N-methyl/N-ethyl adjacent to an activating group) is 1. The van der Waals surface area contributed by atoms with Crippen LogP contribution in [0.3, 0.4) is 0 Å². The van der Waals surface area contributed by atoms with Crippen LogP contribution in [0.4, 0.5) is 0 Å². The number of carbonyl (C=O) groups is 2. The molecule has 0 heterocycles. The number of nitrogens with zero attached hydrogens (tertiary/aromatic N) is 1. The number of esters is 2. The van der Waals surface area contributed by atoms with Gasteiger partial charge in [-0.25, -0.2) is 0 Å². The molecule has 0 spiro atoms. The van der Waals surface area contributed by atoms with E-state index in [4.69, 9.17) is 18.5 Å². The predicted octanol–water partition coefficient (Wildman–Crippen LogP) is 25.7. The Kier molecular flexibility index (Phi) is 70.6. The third kappa shape index (κ3) is 76.9. The summed E-state index contributed by atoms with van der Waals surface area (Å²) in [5, 5.41) is 0. The number of hydrogen-bond donors (Lipinski definition) is 0.